The third-order valence-electron chi connectivity index (χ3n) is 4.20. The normalized spacial score (nSPS) is 16.8. The van der Waals surface area contributed by atoms with Crippen molar-refractivity contribution >= 4 is 29.1 Å². The van der Waals surface area contributed by atoms with Crippen molar-refractivity contribution in [2.45, 2.75) is 26.7 Å². The first-order valence-electron chi connectivity index (χ1n) is 8.61. The molecule has 2 aromatic rings. The van der Waals surface area contributed by atoms with E-state index in [9.17, 15) is 14.9 Å². The molecule has 1 aliphatic heterocycles. The summed E-state index contributed by atoms with van der Waals surface area (Å²) in [5.74, 6) is 0.396. The molecule has 0 amide bonds. The Morgan fingerprint density at radius 3 is 3.00 bits per heavy atom. The lowest BCUT2D eigenvalue weighted by atomic mass is 9.98. The summed E-state index contributed by atoms with van der Waals surface area (Å²) >= 11 is 0. The molecule has 1 atom stereocenters. The van der Waals surface area contributed by atoms with Gasteiger partial charge in [0.2, 0.25) is 11.6 Å². The Kier molecular flexibility index (Phi) is 5.48. The number of rotatable bonds is 6. The fraction of sp³-hybridized carbons (Fsp3) is 0.500. The SMILES string of the molecule is CCOC(=O)C1CCCN(c2ncnc(Nc3cc(C)on3)c2[N+](=O)[O-])C1. The predicted octanol–water partition coefficient (Wildman–Crippen LogP) is 2.20. The smallest absolute Gasteiger partial charge is 0.353 e. The number of aromatic nitrogens is 3. The molecule has 11 heteroatoms. The maximum atomic E-state index is 12.1. The molecule has 0 spiro atoms. The minimum absolute atomic E-state index is 0.0107. The largest absolute Gasteiger partial charge is 0.466 e. The summed E-state index contributed by atoms with van der Waals surface area (Å²) in [6.45, 7) is 4.61. The van der Waals surface area contributed by atoms with Gasteiger partial charge in [-0.25, -0.2) is 9.97 Å². The molecular formula is C16H20N6O5. The first-order valence-corrected chi connectivity index (χ1v) is 8.61. The molecule has 1 unspecified atom stereocenters. The number of hydrogen-bond donors (Lipinski definition) is 1. The van der Waals surface area contributed by atoms with Gasteiger partial charge in [0.25, 0.3) is 0 Å². The van der Waals surface area contributed by atoms with Crippen LogP contribution in [0.5, 0.6) is 0 Å². The van der Waals surface area contributed by atoms with E-state index in [1.807, 2.05) is 0 Å². The van der Waals surface area contributed by atoms with E-state index in [4.69, 9.17) is 9.26 Å². The number of anilines is 3. The van der Waals surface area contributed by atoms with Gasteiger partial charge in [0.05, 0.1) is 17.4 Å². The molecule has 0 radical (unpaired) electrons. The average Bonchev–Trinajstić information content (AvgIpc) is 3.06. The van der Waals surface area contributed by atoms with Gasteiger partial charge in [0.15, 0.2) is 5.82 Å². The molecule has 0 aliphatic carbocycles. The summed E-state index contributed by atoms with van der Waals surface area (Å²) < 4.78 is 10.0. The Labute approximate surface area is 154 Å². The third kappa shape index (κ3) is 4.13. The first-order chi connectivity index (χ1) is 13.0. The number of esters is 1. The lowest BCUT2D eigenvalue weighted by Crippen LogP contribution is -2.40. The summed E-state index contributed by atoms with van der Waals surface area (Å²) in [5, 5.41) is 18.3. The zero-order chi connectivity index (χ0) is 19.4. The molecule has 1 aliphatic rings. The summed E-state index contributed by atoms with van der Waals surface area (Å²) in [6.07, 6.45) is 2.62. The maximum Gasteiger partial charge on any atom is 0.353 e. The molecule has 3 heterocycles. The number of nitrogens with one attached hydrogen (secondary N) is 1. The molecule has 0 saturated carbocycles. The van der Waals surface area contributed by atoms with Crippen LogP contribution in [0.15, 0.2) is 16.9 Å². The van der Waals surface area contributed by atoms with E-state index in [1.165, 1.54) is 6.33 Å². The van der Waals surface area contributed by atoms with E-state index in [0.717, 1.165) is 0 Å². The van der Waals surface area contributed by atoms with E-state index in [1.54, 1.807) is 24.8 Å². The average molecular weight is 376 g/mol. The molecule has 1 N–H and O–H groups in total. The van der Waals surface area contributed by atoms with Gasteiger partial charge < -0.3 is 19.5 Å². The van der Waals surface area contributed by atoms with Crippen molar-refractivity contribution in [2.75, 3.05) is 29.9 Å². The minimum Gasteiger partial charge on any atom is -0.466 e. The van der Waals surface area contributed by atoms with Gasteiger partial charge in [-0.1, -0.05) is 5.16 Å². The van der Waals surface area contributed by atoms with Gasteiger partial charge >= 0.3 is 11.7 Å². The number of carbonyl (C=O) groups excluding carboxylic acids is 1. The van der Waals surface area contributed by atoms with Crippen molar-refractivity contribution in [3.8, 4) is 0 Å². The number of ether oxygens (including phenoxy) is 1. The molecule has 11 nitrogen and oxygen atoms in total. The Morgan fingerprint density at radius 2 is 2.33 bits per heavy atom. The minimum atomic E-state index is -0.543. The highest BCUT2D eigenvalue weighted by Crippen LogP contribution is 2.35. The van der Waals surface area contributed by atoms with Crippen LogP contribution < -0.4 is 10.2 Å². The van der Waals surface area contributed by atoms with Crippen LogP contribution in [-0.4, -0.2) is 45.7 Å². The van der Waals surface area contributed by atoms with Crippen LogP contribution in [0.3, 0.4) is 0 Å². The number of nitro groups is 1. The molecular weight excluding hydrogens is 356 g/mol. The highest BCUT2D eigenvalue weighted by molar-refractivity contribution is 5.76. The van der Waals surface area contributed by atoms with E-state index in [-0.39, 0.29) is 29.2 Å². The van der Waals surface area contributed by atoms with Crippen LogP contribution in [0.25, 0.3) is 0 Å². The van der Waals surface area contributed by atoms with Gasteiger partial charge in [-0.2, -0.15) is 0 Å². The zero-order valence-corrected chi connectivity index (χ0v) is 15.0. The summed E-state index contributed by atoms with van der Waals surface area (Å²) in [5.41, 5.74) is -0.275. The second-order valence-corrected chi connectivity index (χ2v) is 6.14. The van der Waals surface area contributed by atoms with Gasteiger partial charge in [-0.15, -0.1) is 0 Å². The van der Waals surface area contributed by atoms with Crippen molar-refractivity contribution in [3.05, 3.63) is 28.3 Å². The van der Waals surface area contributed by atoms with Crippen molar-refractivity contribution in [1.82, 2.24) is 15.1 Å². The van der Waals surface area contributed by atoms with Crippen LogP contribution in [0.4, 0.5) is 23.1 Å². The van der Waals surface area contributed by atoms with Crippen LogP contribution in [-0.2, 0) is 9.53 Å². The van der Waals surface area contributed by atoms with Crippen molar-refractivity contribution in [3.63, 3.8) is 0 Å². The third-order valence-corrected chi connectivity index (χ3v) is 4.20. The molecule has 0 aromatic carbocycles. The molecule has 144 valence electrons. The molecule has 2 aromatic heterocycles. The second kappa shape index (κ2) is 7.98. The lowest BCUT2D eigenvalue weighted by Gasteiger charge is -2.32. The van der Waals surface area contributed by atoms with Gasteiger partial charge in [0.1, 0.15) is 12.1 Å². The topological polar surface area (TPSA) is 137 Å². The zero-order valence-electron chi connectivity index (χ0n) is 15.0. The fourth-order valence-corrected chi connectivity index (χ4v) is 3.03. The standard InChI is InChI=1S/C16H20N6O5/c1-3-26-16(23)11-5-4-6-21(8-11)15-13(22(24)25)14(17-9-18-15)19-12-7-10(2)27-20-12/h7,9,11H,3-6,8H2,1-2H3,(H,17,18,19,20). The number of nitrogens with zero attached hydrogens (tertiary/aromatic N) is 5. The summed E-state index contributed by atoms with van der Waals surface area (Å²) in [7, 11) is 0. The fourth-order valence-electron chi connectivity index (χ4n) is 3.03. The van der Waals surface area contributed by atoms with E-state index >= 15 is 0 Å². The highest BCUT2D eigenvalue weighted by Gasteiger charge is 2.33. The lowest BCUT2D eigenvalue weighted by molar-refractivity contribution is -0.383. The van der Waals surface area contributed by atoms with Crippen molar-refractivity contribution in [1.29, 1.82) is 0 Å². The van der Waals surface area contributed by atoms with Crippen molar-refractivity contribution in [2.24, 2.45) is 5.92 Å². The molecule has 3 rings (SSSR count). The van der Waals surface area contributed by atoms with Crippen LogP contribution >= 0.6 is 0 Å². The molecule has 27 heavy (non-hydrogen) atoms. The number of aryl methyl sites for hydroxylation is 1. The van der Waals surface area contributed by atoms with Crippen molar-refractivity contribution < 1.29 is 19.0 Å². The van der Waals surface area contributed by atoms with E-state index < -0.39 is 4.92 Å². The Morgan fingerprint density at radius 1 is 1.52 bits per heavy atom. The second-order valence-electron chi connectivity index (χ2n) is 6.14. The van der Waals surface area contributed by atoms with E-state index in [2.05, 4.69) is 20.4 Å². The Balaban J connectivity index is 1.89. The number of piperidine rings is 1. The number of hydrogen-bond acceptors (Lipinski definition) is 10. The molecule has 0 bridgehead atoms. The number of carbonyl (C=O) groups is 1. The van der Waals surface area contributed by atoms with Gasteiger partial charge in [0, 0.05) is 19.2 Å². The molecule has 1 saturated heterocycles. The quantitative estimate of drug-likeness (QED) is 0.454. The van der Waals surface area contributed by atoms with Crippen LogP contribution in [0.1, 0.15) is 25.5 Å². The Bertz CT molecular complexity index is 838. The van der Waals surface area contributed by atoms with Gasteiger partial charge in [-0.3, -0.25) is 14.9 Å². The van der Waals surface area contributed by atoms with Crippen LogP contribution in [0.2, 0.25) is 0 Å². The van der Waals surface area contributed by atoms with E-state index in [0.29, 0.717) is 44.1 Å². The van der Waals surface area contributed by atoms with Gasteiger partial charge in [-0.05, 0) is 26.7 Å². The van der Waals surface area contributed by atoms with Crippen LogP contribution in [0, 0.1) is 23.0 Å². The first kappa shape index (κ1) is 18.5. The maximum absolute atomic E-state index is 12.1. The summed E-state index contributed by atoms with van der Waals surface area (Å²) in [4.78, 5) is 33.1. The molecule has 1 fully saturated rings. The highest BCUT2D eigenvalue weighted by atomic mass is 16.6. The monoisotopic (exact) mass is 376 g/mol. The predicted molar refractivity (Wildman–Crippen MR) is 94.8 cm³/mol. The Hall–Kier alpha value is -3.24. The summed E-state index contributed by atoms with van der Waals surface area (Å²) in [6, 6.07) is 1.60.